The molecule has 3 aliphatic heterocycles. The number of hydrogen-bond acceptors (Lipinski definition) is 10. The molecule has 270 valence electrons. The second kappa shape index (κ2) is 17.1. The summed E-state index contributed by atoms with van der Waals surface area (Å²) in [6, 6.07) is 12.6. The Labute approximate surface area is 306 Å². The SMILES string of the molecule is Brc1cnc(OC2CCN(C3CCCC3)CC2)nc1.OC1(c2ccccc2)CCN(c2cnc(OC3CCN(C4CCCC4)CC3)nc2)CC1. The van der Waals surface area contributed by atoms with Gasteiger partial charge in [0.25, 0.3) is 0 Å². The van der Waals surface area contributed by atoms with E-state index in [0.29, 0.717) is 24.9 Å². The van der Waals surface area contributed by atoms with Crippen molar-refractivity contribution in [3.8, 4) is 12.0 Å². The minimum Gasteiger partial charge on any atom is -0.460 e. The molecule has 5 fully saturated rings. The van der Waals surface area contributed by atoms with Gasteiger partial charge in [-0.2, -0.15) is 0 Å². The van der Waals surface area contributed by atoms with Crippen molar-refractivity contribution in [2.75, 3.05) is 44.2 Å². The smallest absolute Gasteiger partial charge is 0.316 e. The monoisotopic (exact) mass is 747 g/mol. The summed E-state index contributed by atoms with van der Waals surface area (Å²) in [4.78, 5) is 24.9. The Bertz CT molecular complexity index is 1430. The first-order valence-electron chi connectivity index (χ1n) is 19.1. The van der Waals surface area contributed by atoms with Crippen LogP contribution in [0, 0.1) is 0 Å². The quantitative estimate of drug-likeness (QED) is 0.266. The second-order valence-electron chi connectivity index (χ2n) is 14.9. The molecule has 5 heterocycles. The largest absolute Gasteiger partial charge is 0.460 e. The first-order chi connectivity index (χ1) is 24.5. The minimum absolute atomic E-state index is 0.222. The van der Waals surface area contributed by atoms with E-state index in [9.17, 15) is 5.11 Å². The molecule has 50 heavy (non-hydrogen) atoms. The molecular weight excluding hydrogens is 694 g/mol. The van der Waals surface area contributed by atoms with E-state index in [-0.39, 0.29) is 12.2 Å². The molecule has 3 saturated heterocycles. The van der Waals surface area contributed by atoms with E-state index in [1.807, 2.05) is 42.7 Å². The van der Waals surface area contributed by atoms with Gasteiger partial charge in [0, 0.05) is 63.7 Å². The topological polar surface area (TPSA) is 100.0 Å². The third kappa shape index (κ3) is 9.32. The van der Waals surface area contributed by atoms with Gasteiger partial charge in [0.2, 0.25) is 0 Å². The van der Waals surface area contributed by atoms with Gasteiger partial charge in [0.1, 0.15) is 12.2 Å². The van der Waals surface area contributed by atoms with Crippen molar-refractivity contribution < 1.29 is 14.6 Å². The normalized spacial score (nSPS) is 23.0. The van der Waals surface area contributed by atoms with Crippen LogP contribution in [0.5, 0.6) is 12.0 Å². The molecule has 0 amide bonds. The minimum atomic E-state index is -0.741. The standard InChI is InChI=1S/C25H34N4O2.C14H20BrN3O/c30-25(20-6-2-1-3-7-20)12-16-29(17-13-25)22-18-26-24(27-19-22)31-23-10-14-28(15-11-23)21-8-4-5-9-21;15-11-9-16-14(17-10-11)19-13-5-7-18(8-6-13)12-3-1-2-4-12/h1-3,6-7,18-19,21,23,30H,4-5,8-17H2;9-10,12-13H,1-8H2. The van der Waals surface area contributed by atoms with Crippen molar-refractivity contribution in [3.63, 3.8) is 0 Å². The number of aliphatic hydroxyl groups is 1. The molecule has 0 atom stereocenters. The van der Waals surface area contributed by atoms with E-state index >= 15 is 0 Å². The number of nitrogens with zero attached hydrogens (tertiary/aromatic N) is 7. The summed E-state index contributed by atoms with van der Waals surface area (Å²) < 4.78 is 12.8. The van der Waals surface area contributed by atoms with E-state index in [1.165, 1.54) is 51.4 Å². The van der Waals surface area contributed by atoms with Crippen LogP contribution in [0.1, 0.15) is 95.5 Å². The van der Waals surface area contributed by atoms with Crippen molar-refractivity contribution in [1.82, 2.24) is 29.7 Å². The molecule has 3 aromatic rings. The lowest BCUT2D eigenvalue weighted by Crippen LogP contribution is -2.43. The van der Waals surface area contributed by atoms with Gasteiger partial charge >= 0.3 is 12.0 Å². The van der Waals surface area contributed by atoms with Crippen LogP contribution in [0.4, 0.5) is 5.69 Å². The van der Waals surface area contributed by atoms with E-state index in [4.69, 9.17) is 9.47 Å². The number of hydrogen-bond donors (Lipinski definition) is 1. The summed E-state index contributed by atoms with van der Waals surface area (Å²) in [5.74, 6) is 0. The fourth-order valence-electron chi connectivity index (χ4n) is 8.62. The Kier molecular flexibility index (Phi) is 12.2. The van der Waals surface area contributed by atoms with Crippen molar-refractivity contribution >= 4 is 21.6 Å². The van der Waals surface area contributed by atoms with Gasteiger partial charge in [0.15, 0.2) is 0 Å². The summed E-state index contributed by atoms with van der Waals surface area (Å²) in [6.07, 6.45) is 24.5. The zero-order valence-corrected chi connectivity index (χ0v) is 31.0. The number of likely N-dealkylation sites (tertiary alicyclic amines) is 2. The molecule has 0 unspecified atom stereocenters. The van der Waals surface area contributed by atoms with Gasteiger partial charge in [-0.1, -0.05) is 56.0 Å². The highest BCUT2D eigenvalue weighted by Gasteiger charge is 2.34. The molecule has 1 aromatic carbocycles. The lowest BCUT2D eigenvalue weighted by molar-refractivity contribution is 0.0117. The summed E-state index contributed by atoms with van der Waals surface area (Å²) >= 11 is 3.33. The summed E-state index contributed by atoms with van der Waals surface area (Å²) in [6.45, 7) is 6.15. The van der Waals surface area contributed by atoms with Crippen LogP contribution in [-0.4, -0.2) is 98.4 Å². The van der Waals surface area contributed by atoms with Crippen LogP contribution >= 0.6 is 15.9 Å². The van der Waals surface area contributed by atoms with Crippen LogP contribution < -0.4 is 14.4 Å². The van der Waals surface area contributed by atoms with Gasteiger partial charge in [-0.05, 0) is 85.7 Å². The Hall–Kier alpha value is -2.86. The number of halogens is 1. The maximum absolute atomic E-state index is 11.0. The maximum atomic E-state index is 11.0. The van der Waals surface area contributed by atoms with Gasteiger partial charge in [-0.3, -0.25) is 0 Å². The molecule has 5 aliphatic rings. The maximum Gasteiger partial charge on any atom is 0.316 e. The highest BCUT2D eigenvalue weighted by molar-refractivity contribution is 9.10. The highest BCUT2D eigenvalue weighted by Crippen LogP contribution is 2.34. The second-order valence-corrected chi connectivity index (χ2v) is 15.8. The molecule has 0 radical (unpaired) electrons. The molecule has 11 heteroatoms. The average molecular weight is 749 g/mol. The van der Waals surface area contributed by atoms with Crippen LogP contribution in [-0.2, 0) is 5.60 Å². The number of piperidine rings is 3. The van der Waals surface area contributed by atoms with Crippen LogP contribution in [0.2, 0.25) is 0 Å². The lowest BCUT2D eigenvalue weighted by Gasteiger charge is -2.39. The zero-order chi connectivity index (χ0) is 34.2. The Morgan fingerprint density at radius 1 is 0.600 bits per heavy atom. The predicted molar refractivity (Wildman–Crippen MR) is 199 cm³/mol. The molecule has 2 aliphatic carbocycles. The van der Waals surface area contributed by atoms with Crippen molar-refractivity contribution in [2.24, 2.45) is 0 Å². The number of benzene rings is 1. The number of aromatic nitrogens is 4. The molecule has 0 bridgehead atoms. The van der Waals surface area contributed by atoms with Crippen LogP contribution in [0.25, 0.3) is 0 Å². The zero-order valence-electron chi connectivity index (χ0n) is 29.4. The van der Waals surface area contributed by atoms with E-state index in [2.05, 4.69) is 50.6 Å². The fourth-order valence-corrected chi connectivity index (χ4v) is 8.83. The molecule has 2 saturated carbocycles. The number of ether oxygens (including phenoxy) is 2. The first kappa shape index (κ1) is 35.5. The summed E-state index contributed by atoms with van der Waals surface area (Å²) in [5, 5.41) is 11.0. The predicted octanol–water partition coefficient (Wildman–Crippen LogP) is 6.78. The van der Waals surface area contributed by atoms with Crippen molar-refractivity contribution in [1.29, 1.82) is 0 Å². The van der Waals surface area contributed by atoms with E-state index in [0.717, 1.165) is 92.8 Å². The van der Waals surface area contributed by atoms with Crippen LogP contribution in [0.15, 0.2) is 59.6 Å². The van der Waals surface area contributed by atoms with Crippen LogP contribution in [0.3, 0.4) is 0 Å². The molecular formula is C39H54BrN7O3. The van der Waals surface area contributed by atoms with Gasteiger partial charge in [-0.15, -0.1) is 0 Å². The summed E-state index contributed by atoms with van der Waals surface area (Å²) in [5.41, 5.74) is 1.27. The van der Waals surface area contributed by atoms with Gasteiger partial charge in [-0.25, -0.2) is 19.9 Å². The summed E-state index contributed by atoms with van der Waals surface area (Å²) in [7, 11) is 0. The van der Waals surface area contributed by atoms with Gasteiger partial charge in [0.05, 0.1) is 28.2 Å². The Balaban J connectivity index is 0.000000176. The first-order valence-corrected chi connectivity index (χ1v) is 19.9. The van der Waals surface area contributed by atoms with Crippen molar-refractivity contribution in [3.05, 3.63) is 65.2 Å². The molecule has 10 nitrogen and oxygen atoms in total. The third-order valence-electron chi connectivity index (χ3n) is 11.7. The van der Waals surface area contributed by atoms with E-state index < -0.39 is 5.60 Å². The molecule has 8 rings (SSSR count). The van der Waals surface area contributed by atoms with E-state index in [1.54, 1.807) is 12.4 Å². The third-order valence-corrected chi connectivity index (χ3v) is 12.1. The molecule has 1 N–H and O–H groups in total. The molecule has 2 aromatic heterocycles. The Morgan fingerprint density at radius 2 is 1.04 bits per heavy atom. The Morgan fingerprint density at radius 3 is 1.50 bits per heavy atom. The van der Waals surface area contributed by atoms with Gasteiger partial charge < -0.3 is 29.3 Å². The average Bonchev–Trinajstić information content (AvgIpc) is 3.91. The van der Waals surface area contributed by atoms with Crippen molar-refractivity contribution in [2.45, 2.75) is 120 Å². The highest BCUT2D eigenvalue weighted by atomic mass is 79.9. The fraction of sp³-hybridized carbons (Fsp3) is 0.641. The molecule has 0 spiro atoms. The number of rotatable bonds is 8. The number of anilines is 1. The lowest BCUT2D eigenvalue weighted by atomic mass is 9.84.